The third kappa shape index (κ3) is 12.6. The van der Waals surface area contributed by atoms with Crippen LogP contribution in [0.5, 0.6) is 0 Å². The van der Waals surface area contributed by atoms with E-state index in [0.717, 1.165) is 6.54 Å². The van der Waals surface area contributed by atoms with Crippen molar-refractivity contribution >= 4 is 0 Å². The van der Waals surface area contributed by atoms with Crippen LogP contribution < -0.4 is 18.9 Å². The minimum absolute atomic E-state index is 0. The van der Waals surface area contributed by atoms with Gasteiger partial charge in [0.15, 0.2) is 0 Å². The predicted molar refractivity (Wildman–Crippen MR) is 56.0 cm³/mol. The maximum Gasteiger partial charge on any atom is 1.00 e. The van der Waals surface area contributed by atoms with Crippen molar-refractivity contribution in [2.24, 2.45) is 0 Å². The normalized spacial score (nSPS) is 10.2. The Morgan fingerprint density at radius 3 is 2.00 bits per heavy atom. The van der Waals surface area contributed by atoms with Crippen molar-refractivity contribution in [1.29, 1.82) is 0 Å². The van der Waals surface area contributed by atoms with Gasteiger partial charge in [-0.25, -0.2) is 0 Å². The molecular weight excluding hydrogens is 153 g/mol. The van der Waals surface area contributed by atoms with Crippen LogP contribution in [0.4, 0.5) is 0 Å². The average molecular weight is 177 g/mol. The van der Waals surface area contributed by atoms with E-state index in [1.165, 1.54) is 45.1 Å². The molecule has 74 valence electrons. The van der Waals surface area contributed by atoms with Gasteiger partial charge in [-0.1, -0.05) is 46.0 Å². The molecule has 0 aromatic carbocycles. The van der Waals surface area contributed by atoms with E-state index in [4.69, 9.17) is 0 Å². The molecule has 0 spiro atoms. The number of nitrogens with zero attached hydrogens (tertiary/aromatic N) is 1. The summed E-state index contributed by atoms with van der Waals surface area (Å²) in [6.07, 6.45) is 8.27. The van der Waals surface area contributed by atoms with Crippen molar-refractivity contribution in [1.82, 2.24) is 4.90 Å². The van der Waals surface area contributed by atoms with Gasteiger partial charge in [-0.3, -0.25) is 7.05 Å². The van der Waals surface area contributed by atoms with E-state index in [-0.39, 0.29) is 18.9 Å². The third-order valence-electron chi connectivity index (χ3n) is 2.28. The summed E-state index contributed by atoms with van der Waals surface area (Å²) >= 11 is 0. The number of hydrogen-bond acceptors (Lipinski definition) is 1. The Labute approximate surface area is 96.4 Å². The molecule has 0 N–H and O–H groups in total. The Morgan fingerprint density at radius 2 is 1.46 bits per heavy atom. The fourth-order valence-corrected chi connectivity index (χ4v) is 1.27. The molecule has 0 fully saturated rings. The van der Waals surface area contributed by atoms with Gasteiger partial charge in [0.05, 0.1) is 0 Å². The molecule has 0 saturated heterocycles. The Morgan fingerprint density at radius 1 is 0.923 bits per heavy atom. The topological polar surface area (TPSA) is 3.24 Å². The molecule has 2 heteroatoms. The minimum Gasteiger partial charge on any atom is -0.459 e. The fourth-order valence-electron chi connectivity index (χ4n) is 1.27. The van der Waals surface area contributed by atoms with Gasteiger partial charge in [0, 0.05) is 0 Å². The van der Waals surface area contributed by atoms with Crippen LogP contribution in [-0.4, -0.2) is 18.0 Å². The summed E-state index contributed by atoms with van der Waals surface area (Å²) < 4.78 is 0. The van der Waals surface area contributed by atoms with E-state index in [1.807, 2.05) is 0 Å². The standard InChI is InChI=1S/C11H24N.Li/c1-4-6-7-8-9-10-11-12(3)5-2;/h3-11H2,1-2H3;/q-1;+1. The molecule has 0 saturated carbocycles. The van der Waals surface area contributed by atoms with Crippen molar-refractivity contribution in [3.05, 3.63) is 7.05 Å². The number of unbranched alkanes of at least 4 members (excludes halogenated alkanes) is 5. The second-order valence-corrected chi connectivity index (χ2v) is 3.48. The monoisotopic (exact) mass is 177 g/mol. The van der Waals surface area contributed by atoms with E-state index in [9.17, 15) is 0 Å². The second-order valence-electron chi connectivity index (χ2n) is 3.48. The molecule has 0 aliphatic carbocycles. The van der Waals surface area contributed by atoms with E-state index in [1.54, 1.807) is 0 Å². The summed E-state index contributed by atoms with van der Waals surface area (Å²) in [5.41, 5.74) is 0. The van der Waals surface area contributed by atoms with Crippen molar-refractivity contribution in [3.8, 4) is 0 Å². The summed E-state index contributed by atoms with van der Waals surface area (Å²) in [5.74, 6) is 0. The molecule has 0 unspecified atom stereocenters. The largest absolute Gasteiger partial charge is 1.00 e. The van der Waals surface area contributed by atoms with Gasteiger partial charge in [-0.15, -0.1) is 0 Å². The van der Waals surface area contributed by atoms with E-state index in [2.05, 4.69) is 25.8 Å². The molecule has 0 amide bonds. The van der Waals surface area contributed by atoms with Crippen LogP contribution in [0.1, 0.15) is 52.4 Å². The van der Waals surface area contributed by atoms with Crippen molar-refractivity contribution in [2.45, 2.75) is 52.4 Å². The van der Waals surface area contributed by atoms with Crippen LogP contribution in [0.2, 0.25) is 0 Å². The van der Waals surface area contributed by atoms with Gasteiger partial charge in [0.1, 0.15) is 0 Å². The summed E-state index contributed by atoms with van der Waals surface area (Å²) in [5, 5.41) is 0. The van der Waals surface area contributed by atoms with Crippen LogP contribution >= 0.6 is 0 Å². The van der Waals surface area contributed by atoms with Gasteiger partial charge in [-0.2, -0.15) is 0 Å². The SMILES string of the molecule is [CH2-]N(CC)CCCCCCCC.[Li+]. The van der Waals surface area contributed by atoms with Crippen molar-refractivity contribution in [2.75, 3.05) is 13.1 Å². The first-order valence-electron chi connectivity index (χ1n) is 5.36. The first-order valence-corrected chi connectivity index (χ1v) is 5.36. The molecule has 0 bridgehead atoms. The summed E-state index contributed by atoms with van der Waals surface area (Å²) in [6.45, 7) is 6.66. The molecular formula is C11H24LiN. The summed E-state index contributed by atoms with van der Waals surface area (Å²) in [4.78, 5) is 2.14. The maximum atomic E-state index is 3.92. The molecule has 0 aromatic rings. The minimum atomic E-state index is 0. The second kappa shape index (κ2) is 12.6. The first kappa shape index (κ1) is 16.0. The zero-order valence-corrected chi connectivity index (χ0v) is 9.81. The molecule has 0 aromatic heterocycles. The van der Waals surface area contributed by atoms with Crippen LogP contribution in [0.25, 0.3) is 0 Å². The molecule has 0 atom stereocenters. The Kier molecular flexibility index (Phi) is 15.5. The van der Waals surface area contributed by atoms with Gasteiger partial charge in [0.25, 0.3) is 0 Å². The summed E-state index contributed by atoms with van der Waals surface area (Å²) in [7, 11) is 3.92. The molecule has 0 aliphatic heterocycles. The number of rotatable bonds is 8. The van der Waals surface area contributed by atoms with Crippen molar-refractivity contribution in [3.63, 3.8) is 0 Å². The van der Waals surface area contributed by atoms with Gasteiger partial charge >= 0.3 is 18.9 Å². The van der Waals surface area contributed by atoms with E-state index >= 15 is 0 Å². The van der Waals surface area contributed by atoms with Crippen molar-refractivity contribution < 1.29 is 18.9 Å². The van der Waals surface area contributed by atoms with Crippen LogP contribution in [-0.2, 0) is 0 Å². The molecule has 0 radical (unpaired) electrons. The first-order chi connectivity index (χ1) is 5.81. The predicted octanol–water partition coefficient (Wildman–Crippen LogP) is 0.464. The van der Waals surface area contributed by atoms with Crippen LogP contribution in [0, 0.1) is 7.05 Å². The van der Waals surface area contributed by atoms with Crippen LogP contribution in [0.15, 0.2) is 0 Å². The molecule has 0 heterocycles. The summed E-state index contributed by atoms with van der Waals surface area (Å²) in [6, 6.07) is 0. The molecule has 1 nitrogen and oxygen atoms in total. The zero-order chi connectivity index (χ0) is 9.23. The molecule has 13 heavy (non-hydrogen) atoms. The third-order valence-corrected chi connectivity index (χ3v) is 2.28. The Bertz CT molecular complexity index is 86.2. The molecule has 0 aliphatic rings. The van der Waals surface area contributed by atoms with Gasteiger partial charge in [-0.05, 0) is 19.5 Å². The Hall–Kier alpha value is 0.557. The maximum absolute atomic E-state index is 3.92. The average Bonchev–Trinajstić information content (AvgIpc) is 2.10. The zero-order valence-electron chi connectivity index (χ0n) is 9.81. The van der Waals surface area contributed by atoms with E-state index in [0.29, 0.717) is 0 Å². The molecule has 0 rings (SSSR count). The fraction of sp³-hybridized carbons (Fsp3) is 0.909. The quantitative estimate of drug-likeness (QED) is 0.296. The van der Waals surface area contributed by atoms with Gasteiger partial charge in [0.2, 0.25) is 0 Å². The van der Waals surface area contributed by atoms with Gasteiger partial charge < -0.3 is 4.90 Å². The number of hydrogen-bond donors (Lipinski definition) is 0. The smallest absolute Gasteiger partial charge is 0.459 e. The van der Waals surface area contributed by atoms with E-state index < -0.39 is 0 Å². The van der Waals surface area contributed by atoms with Crippen LogP contribution in [0.3, 0.4) is 0 Å². The Balaban J connectivity index is 0.